The zero-order chi connectivity index (χ0) is 22.0. The Morgan fingerprint density at radius 1 is 1.03 bits per heavy atom. The Morgan fingerprint density at radius 2 is 1.84 bits per heavy atom. The van der Waals surface area contributed by atoms with Gasteiger partial charge in [-0.05, 0) is 61.6 Å². The molecule has 1 saturated carbocycles. The minimum atomic E-state index is -0.944. The number of hydrogen-bond acceptors (Lipinski definition) is 4. The van der Waals surface area contributed by atoms with E-state index in [1.807, 2.05) is 0 Å². The summed E-state index contributed by atoms with van der Waals surface area (Å²) in [6, 6.07) is 7.96. The van der Waals surface area contributed by atoms with Crippen molar-refractivity contribution in [1.82, 2.24) is 9.97 Å². The molecular weight excluding hydrogens is 402 g/mol. The van der Waals surface area contributed by atoms with Crippen LogP contribution in [0.1, 0.15) is 35.3 Å². The van der Waals surface area contributed by atoms with Gasteiger partial charge in [0.05, 0.1) is 16.9 Å². The van der Waals surface area contributed by atoms with Crippen LogP contribution in [-0.4, -0.2) is 21.8 Å². The molecule has 0 aliphatic heterocycles. The van der Waals surface area contributed by atoms with Gasteiger partial charge in [-0.3, -0.25) is 14.6 Å². The van der Waals surface area contributed by atoms with Crippen LogP contribution in [0.25, 0.3) is 11.1 Å². The zero-order valence-electron chi connectivity index (χ0n) is 16.8. The Hall–Kier alpha value is -3.68. The smallest absolute Gasteiger partial charge is 0.258 e. The van der Waals surface area contributed by atoms with Gasteiger partial charge in [-0.1, -0.05) is 0 Å². The van der Waals surface area contributed by atoms with Crippen molar-refractivity contribution in [3.05, 3.63) is 71.7 Å². The van der Waals surface area contributed by atoms with Crippen LogP contribution in [0.5, 0.6) is 0 Å². The highest BCUT2D eigenvalue weighted by Crippen LogP contribution is 2.32. The molecule has 0 radical (unpaired) electrons. The first-order valence-corrected chi connectivity index (χ1v) is 9.88. The van der Waals surface area contributed by atoms with Crippen molar-refractivity contribution in [3.63, 3.8) is 0 Å². The molecule has 6 nitrogen and oxygen atoms in total. The molecule has 3 aromatic rings. The van der Waals surface area contributed by atoms with Gasteiger partial charge in [0.1, 0.15) is 17.5 Å². The predicted octanol–water partition coefficient (Wildman–Crippen LogP) is 4.72. The Balaban J connectivity index is 1.54. The summed E-state index contributed by atoms with van der Waals surface area (Å²) in [7, 11) is 0. The molecule has 31 heavy (non-hydrogen) atoms. The van der Waals surface area contributed by atoms with Crippen molar-refractivity contribution in [1.29, 1.82) is 0 Å². The molecule has 1 aliphatic rings. The van der Waals surface area contributed by atoms with Crippen molar-refractivity contribution < 1.29 is 18.4 Å². The number of halogens is 2. The Bertz CT molecular complexity index is 1160. The van der Waals surface area contributed by atoms with Gasteiger partial charge < -0.3 is 10.6 Å². The molecule has 0 spiro atoms. The van der Waals surface area contributed by atoms with Crippen LogP contribution in [0.15, 0.2) is 48.8 Å². The fourth-order valence-electron chi connectivity index (χ4n) is 3.14. The molecule has 1 aromatic carbocycles. The summed E-state index contributed by atoms with van der Waals surface area (Å²) in [5, 5.41) is 5.42. The lowest BCUT2D eigenvalue weighted by molar-refractivity contribution is -0.116. The summed E-state index contributed by atoms with van der Waals surface area (Å²) in [6.07, 6.45) is 5.88. The van der Waals surface area contributed by atoms with Gasteiger partial charge in [-0.15, -0.1) is 0 Å². The van der Waals surface area contributed by atoms with E-state index in [0.29, 0.717) is 41.2 Å². The zero-order valence-corrected chi connectivity index (χ0v) is 16.8. The van der Waals surface area contributed by atoms with Gasteiger partial charge in [0, 0.05) is 30.4 Å². The number of benzene rings is 1. The Kier molecular flexibility index (Phi) is 5.70. The minimum Gasteiger partial charge on any atom is -0.320 e. The fourth-order valence-corrected chi connectivity index (χ4v) is 3.14. The molecule has 0 saturated heterocycles. The van der Waals surface area contributed by atoms with Crippen molar-refractivity contribution in [3.8, 4) is 11.1 Å². The third-order valence-corrected chi connectivity index (χ3v) is 5.04. The number of carbonyl (C=O) groups excluding carboxylic acids is 2. The quantitative estimate of drug-likeness (QED) is 0.602. The monoisotopic (exact) mass is 422 g/mol. The molecule has 0 bridgehead atoms. The van der Waals surface area contributed by atoms with E-state index in [4.69, 9.17) is 0 Å². The predicted molar refractivity (Wildman–Crippen MR) is 112 cm³/mol. The van der Waals surface area contributed by atoms with E-state index in [2.05, 4.69) is 20.6 Å². The summed E-state index contributed by atoms with van der Waals surface area (Å²) in [4.78, 5) is 33.0. The molecule has 1 aliphatic carbocycles. The van der Waals surface area contributed by atoms with Crippen LogP contribution >= 0.6 is 0 Å². The molecule has 4 rings (SSSR count). The number of nitrogens with one attached hydrogen (secondary N) is 2. The van der Waals surface area contributed by atoms with Gasteiger partial charge in [-0.2, -0.15) is 0 Å². The number of hydrogen-bond donors (Lipinski definition) is 2. The van der Waals surface area contributed by atoms with Crippen molar-refractivity contribution in [2.24, 2.45) is 5.92 Å². The average molecular weight is 422 g/mol. The SMILES string of the molecule is Cc1ncc(-c2ccnc(NC(=O)CC3CC3)c2)cc1NC(=O)c1ccc(F)cc1F. The minimum absolute atomic E-state index is 0.0662. The first-order valence-electron chi connectivity index (χ1n) is 9.88. The van der Waals surface area contributed by atoms with Crippen molar-refractivity contribution in [2.75, 3.05) is 10.6 Å². The van der Waals surface area contributed by atoms with E-state index in [1.165, 1.54) is 0 Å². The van der Waals surface area contributed by atoms with Crippen LogP contribution in [0.4, 0.5) is 20.3 Å². The molecule has 2 heterocycles. The van der Waals surface area contributed by atoms with E-state index in [0.717, 1.165) is 30.5 Å². The topological polar surface area (TPSA) is 84.0 Å². The maximum atomic E-state index is 13.9. The number of aromatic nitrogens is 2. The standard InChI is InChI=1S/C23H20F2N4O2/c1-13-20(28-23(31)18-5-4-17(24)11-19(18)25)9-16(12-27-13)15-6-7-26-21(10-15)29-22(30)8-14-2-3-14/h4-7,9-12,14H,2-3,8H2,1H3,(H,28,31)(H,26,29,30). The number of pyridine rings is 2. The summed E-state index contributed by atoms with van der Waals surface area (Å²) in [6.45, 7) is 1.70. The number of aryl methyl sites for hydroxylation is 1. The molecule has 0 unspecified atom stereocenters. The van der Waals surface area contributed by atoms with Crippen LogP contribution in [0.2, 0.25) is 0 Å². The Morgan fingerprint density at radius 3 is 2.58 bits per heavy atom. The lowest BCUT2D eigenvalue weighted by Gasteiger charge is -2.11. The third kappa shape index (κ3) is 5.09. The number of nitrogens with zero attached hydrogens (tertiary/aromatic N) is 2. The summed E-state index contributed by atoms with van der Waals surface area (Å²) in [5.74, 6) is -1.57. The van der Waals surface area contributed by atoms with Crippen LogP contribution in [0, 0.1) is 24.5 Å². The lowest BCUT2D eigenvalue weighted by Crippen LogP contribution is -2.15. The molecular formula is C23H20F2N4O2. The molecule has 2 N–H and O–H groups in total. The Labute approximate surface area is 177 Å². The van der Waals surface area contributed by atoms with Gasteiger partial charge in [0.15, 0.2) is 0 Å². The molecule has 2 aromatic heterocycles. The van der Waals surface area contributed by atoms with Crippen molar-refractivity contribution in [2.45, 2.75) is 26.2 Å². The molecule has 158 valence electrons. The van der Waals surface area contributed by atoms with Crippen LogP contribution in [0.3, 0.4) is 0 Å². The van der Waals surface area contributed by atoms with Crippen LogP contribution in [-0.2, 0) is 4.79 Å². The van der Waals surface area contributed by atoms with Gasteiger partial charge in [0.2, 0.25) is 5.91 Å². The maximum Gasteiger partial charge on any atom is 0.258 e. The lowest BCUT2D eigenvalue weighted by atomic mass is 10.1. The van der Waals surface area contributed by atoms with Crippen molar-refractivity contribution >= 4 is 23.3 Å². The van der Waals surface area contributed by atoms with Gasteiger partial charge in [0.25, 0.3) is 5.91 Å². The third-order valence-electron chi connectivity index (χ3n) is 5.04. The van der Waals surface area contributed by atoms with E-state index in [9.17, 15) is 18.4 Å². The molecule has 2 amide bonds. The maximum absolute atomic E-state index is 13.9. The number of amides is 2. The number of rotatable bonds is 6. The van der Waals surface area contributed by atoms with E-state index >= 15 is 0 Å². The fraction of sp³-hybridized carbons (Fsp3) is 0.217. The first kappa shape index (κ1) is 20.6. The number of anilines is 2. The second-order valence-corrected chi connectivity index (χ2v) is 7.56. The van der Waals surface area contributed by atoms with Gasteiger partial charge >= 0.3 is 0 Å². The second-order valence-electron chi connectivity index (χ2n) is 7.56. The van der Waals surface area contributed by atoms with E-state index < -0.39 is 17.5 Å². The highest BCUT2D eigenvalue weighted by atomic mass is 19.1. The average Bonchev–Trinajstić information content (AvgIpc) is 3.53. The highest BCUT2D eigenvalue weighted by molar-refractivity contribution is 6.05. The summed E-state index contributed by atoms with van der Waals surface area (Å²) in [5.41, 5.74) is 2.08. The van der Waals surface area contributed by atoms with Gasteiger partial charge in [-0.25, -0.2) is 13.8 Å². The molecule has 1 fully saturated rings. The normalized spacial score (nSPS) is 13.0. The van der Waals surface area contributed by atoms with E-state index in [1.54, 1.807) is 37.5 Å². The molecule has 0 atom stereocenters. The first-order chi connectivity index (χ1) is 14.9. The largest absolute Gasteiger partial charge is 0.320 e. The molecule has 8 heteroatoms. The highest BCUT2D eigenvalue weighted by Gasteiger charge is 2.24. The number of carbonyl (C=O) groups is 2. The summed E-state index contributed by atoms with van der Waals surface area (Å²) < 4.78 is 27.0. The summed E-state index contributed by atoms with van der Waals surface area (Å²) >= 11 is 0. The van der Waals surface area contributed by atoms with E-state index in [-0.39, 0.29) is 11.5 Å². The second kappa shape index (κ2) is 8.59. The van der Waals surface area contributed by atoms with Crippen LogP contribution < -0.4 is 10.6 Å².